The van der Waals surface area contributed by atoms with Gasteiger partial charge < -0.3 is 20.3 Å². The van der Waals surface area contributed by atoms with Gasteiger partial charge in [-0.05, 0) is 35.7 Å². The molecule has 8 N–H and O–H groups in total. The van der Waals surface area contributed by atoms with E-state index in [0.717, 1.165) is 56.7 Å². The summed E-state index contributed by atoms with van der Waals surface area (Å²) in [4.78, 5) is -2.45. The Hall–Kier alpha value is -4.13. The van der Waals surface area contributed by atoms with Crippen LogP contribution in [0.4, 0.5) is 28.4 Å². The molecule has 4 aromatic carbocycles. The van der Waals surface area contributed by atoms with E-state index >= 15 is 0 Å². The van der Waals surface area contributed by atoms with Gasteiger partial charge in [0, 0.05) is 12.1 Å². The fourth-order valence-electron chi connectivity index (χ4n) is 4.98. The van der Waals surface area contributed by atoms with E-state index in [1.165, 1.54) is 0 Å². The lowest BCUT2D eigenvalue weighted by molar-refractivity contribution is -0.434. The van der Waals surface area contributed by atoms with Crippen LogP contribution in [0.2, 0.25) is 0 Å². The third-order valence-electron chi connectivity index (χ3n) is 7.63. The first-order valence-electron chi connectivity index (χ1n) is 16.1. The second kappa shape index (κ2) is 22.9. The molecular weight excluding hydrogens is 1010 g/mol. The summed E-state index contributed by atoms with van der Waals surface area (Å²) in [5, 5.41) is 63.1. The zero-order valence-electron chi connectivity index (χ0n) is 31.6. The highest BCUT2D eigenvalue weighted by atomic mass is 32.3. The van der Waals surface area contributed by atoms with Crippen molar-refractivity contribution in [3.8, 4) is 17.2 Å². The van der Waals surface area contributed by atoms with Gasteiger partial charge in [0.1, 0.15) is 44.0 Å². The molecule has 0 spiro atoms. The van der Waals surface area contributed by atoms with Crippen LogP contribution in [0.3, 0.4) is 0 Å². The van der Waals surface area contributed by atoms with E-state index in [1.807, 2.05) is 0 Å². The lowest BCUT2D eigenvalue weighted by atomic mass is 10.1. The first-order chi connectivity index (χ1) is 30.1. The fraction of sp³-hybridized carbons (Fsp3) is 0.214. The van der Waals surface area contributed by atoms with Crippen molar-refractivity contribution in [2.24, 2.45) is 20.5 Å². The van der Waals surface area contributed by atoms with Crippen molar-refractivity contribution in [1.29, 1.82) is 0 Å². The lowest BCUT2D eigenvalue weighted by Crippen LogP contribution is -2.15. The molecule has 0 aliphatic rings. The molecular formula is C28H29N5O24S7. The number of phenolic OH excluding ortho intramolecular Hbond substituents is 1. The number of benzene rings is 4. The normalized spacial score (nSPS) is 12.8. The van der Waals surface area contributed by atoms with Crippen LogP contribution < -0.4 is 15.2 Å². The number of fused-ring (bicyclic) bond motifs is 1. The Labute approximate surface area is 372 Å². The molecule has 0 saturated heterocycles. The van der Waals surface area contributed by atoms with Crippen molar-refractivity contribution in [2.45, 2.75) is 24.5 Å². The number of aromatic hydroxyl groups is 1. The smallest absolute Gasteiger partial charge is 0.397 e. The molecule has 0 atom stereocenters. The maximum atomic E-state index is 13.1. The van der Waals surface area contributed by atoms with Crippen molar-refractivity contribution < 1.29 is 110 Å². The molecule has 352 valence electrons. The van der Waals surface area contributed by atoms with E-state index < -0.39 is 103 Å². The van der Waals surface area contributed by atoms with E-state index in [0.29, 0.717) is 0 Å². The van der Waals surface area contributed by atoms with Crippen molar-refractivity contribution >= 4 is 116 Å². The zero-order chi connectivity index (χ0) is 47.5. The van der Waals surface area contributed by atoms with Gasteiger partial charge >= 0.3 is 10.4 Å². The number of nitrogen functional groups attached to an aromatic ring is 1. The molecule has 0 saturated carbocycles. The van der Waals surface area contributed by atoms with E-state index in [9.17, 15) is 43.3 Å². The summed E-state index contributed by atoms with van der Waals surface area (Å²) in [5.41, 5.74) is 3.79. The van der Waals surface area contributed by atoms with Gasteiger partial charge in [0.25, 0.3) is 10.1 Å². The topological polar surface area (TPSA) is 426 Å². The monoisotopic (exact) mass is 1040 g/mol. The number of anilines is 1. The molecule has 0 heterocycles. The predicted octanol–water partition coefficient (Wildman–Crippen LogP) is 5.45. The second-order valence-corrected chi connectivity index (χ2v) is 20.0. The molecule has 0 aliphatic carbocycles. The molecule has 0 amide bonds. The van der Waals surface area contributed by atoms with Crippen LogP contribution in [0.25, 0.3) is 10.8 Å². The minimum atomic E-state index is -5.25. The second-order valence-electron chi connectivity index (χ2n) is 11.4. The third kappa shape index (κ3) is 13.7. The van der Waals surface area contributed by atoms with Gasteiger partial charge in [-0.25, -0.2) is 36.8 Å². The summed E-state index contributed by atoms with van der Waals surface area (Å²) >= 11 is 0.511. The maximum absolute atomic E-state index is 13.1. The largest absolute Gasteiger partial charge is 0.505 e. The van der Waals surface area contributed by atoms with Crippen molar-refractivity contribution in [3.63, 3.8) is 0 Å². The minimum absolute atomic E-state index is 0.151. The molecule has 0 aliphatic heterocycles. The van der Waals surface area contributed by atoms with Gasteiger partial charge in [0.2, 0.25) is 0 Å². The average molecular weight is 1040 g/mol. The van der Waals surface area contributed by atoms with Crippen molar-refractivity contribution in [2.75, 3.05) is 44.7 Å². The predicted molar refractivity (Wildman–Crippen MR) is 215 cm³/mol. The Bertz CT molecular complexity index is 2850. The maximum Gasteiger partial charge on any atom is 0.397 e. The first kappa shape index (κ1) is 52.5. The summed E-state index contributed by atoms with van der Waals surface area (Å²) in [6.45, 7) is -1.43. The molecule has 64 heavy (non-hydrogen) atoms. The zero-order valence-corrected chi connectivity index (χ0v) is 37.3. The number of rotatable bonds is 25. The summed E-state index contributed by atoms with van der Waals surface area (Å²) < 4.78 is 150. The van der Waals surface area contributed by atoms with Gasteiger partial charge in [0.05, 0.1) is 88.8 Å². The number of methoxy groups -OCH3 is 2. The van der Waals surface area contributed by atoms with Crippen LogP contribution in [0.5, 0.6) is 17.2 Å². The van der Waals surface area contributed by atoms with E-state index in [2.05, 4.69) is 52.8 Å². The highest BCUT2D eigenvalue weighted by Gasteiger charge is 2.27. The number of phenols is 1. The molecule has 0 fully saturated rings. The summed E-state index contributed by atoms with van der Waals surface area (Å²) in [5.74, 6) is -2.93. The van der Waals surface area contributed by atoms with Gasteiger partial charge in [-0.2, -0.15) is 16.8 Å². The van der Waals surface area contributed by atoms with Crippen molar-refractivity contribution in [1.82, 2.24) is 0 Å². The van der Waals surface area contributed by atoms with Crippen LogP contribution in [0.15, 0.2) is 87.4 Å². The Morgan fingerprint density at radius 3 is 1.88 bits per heavy atom. The van der Waals surface area contributed by atoms with Crippen LogP contribution in [-0.4, -0.2) is 103 Å². The van der Waals surface area contributed by atoms with Crippen LogP contribution in [-0.2, 0) is 76.7 Å². The summed E-state index contributed by atoms with van der Waals surface area (Å²) in [7, 11) is -16.4. The first-order valence-corrected chi connectivity index (χ1v) is 24.3. The number of nitrogens with two attached hydrogens (primary N) is 1. The third-order valence-corrected chi connectivity index (χ3v) is 14.0. The Morgan fingerprint density at radius 1 is 0.656 bits per heavy atom. The number of hydrogen-bond donors (Lipinski definition) is 7. The molecule has 0 bridgehead atoms. The van der Waals surface area contributed by atoms with Crippen LogP contribution in [0, 0.1) is 0 Å². The van der Waals surface area contributed by atoms with E-state index in [1.54, 1.807) is 0 Å². The summed E-state index contributed by atoms with van der Waals surface area (Å²) in [6, 6.07) is 6.82. The van der Waals surface area contributed by atoms with E-state index in [-0.39, 0.29) is 79.4 Å². The molecule has 0 radical (unpaired) electrons. The number of ether oxygens (including phenoxy) is 2. The molecule has 29 nitrogen and oxygen atoms in total. The molecule has 0 aromatic heterocycles. The molecule has 0 unspecified atom stereocenters. The van der Waals surface area contributed by atoms with E-state index in [4.69, 9.17) is 39.7 Å². The number of sulfone groups is 2. The Morgan fingerprint density at radius 2 is 1.27 bits per heavy atom. The lowest BCUT2D eigenvalue weighted by Gasteiger charge is -2.15. The Kier molecular flexibility index (Phi) is 18.7. The van der Waals surface area contributed by atoms with Gasteiger partial charge in [-0.1, -0.05) is 15.1 Å². The summed E-state index contributed by atoms with van der Waals surface area (Å²) in [6.07, 6.45) is 0. The molecule has 4 aromatic rings. The van der Waals surface area contributed by atoms with Gasteiger partial charge in [-0.15, -0.1) is 33.5 Å². The SMILES string of the molecule is COc1cc(S(=O)(=O)CCOSOOO)c(OC)cc1N=Nc1c(SOOO)cc2cc(S(=O)(=O)O)c(N=Nc3ccc(S(=O)(=O)CCOS(=O)(=O)O)cc3SOOO)c(N)c2c1O. The number of azo groups is 2. The Balaban J connectivity index is 1.87. The molecule has 36 heteroatoms. The average Bonchev–Trinajstić information content (AvgIpc) is 3.22. The number of nitrogens with zero attached hydrogens (tertiary/aromatic N) is 4. The minimum Gasteiger partial charge on any atom is -0.505 e. The van der Waals surface area contributed by atoms with Crippen LogP contribution in [0.1, 0.15) is 0 Å². The van der Waals surface area contributed by atoms with Gasteiger partial charge in [-0.3, -0.25) is 13.3 Å². The highest BCUT2D eigenvalue weighted by Crippen LogP contribution is 2.50. The molecule has 4 rings (SSSR count). The fourth-order valence-corrected chi connectivity index (χ4v) is 9.78. The number of hydrogen-bond acceptors (Lipinski definition) is 30. The highest BCUT2D eigenvalue weighted by molar-refractivity contribution is 7.95. The standard InChI is InChI=1S/C28H29N5O24S7/c1-48-18-13-22(62(40,41)7-5-50-60-57-54-37)19(49-2)12-17(18)31-32-26-21(59-56-53-36)9-14-10-23(63(42,43)44)27(25(29)24(14)28(26)34)33-30-16-4-3-15(11-20(16)58-55-52-35)61(38,39)8-6-51-64(45,46)47/h3-4,9-13,34-37H,5-8,29H2,1-2H3,(H,42,43,44)(H,45,46,47). The van der Waals surface area contributed by atoms with Gasteiger partial charge in [0.15, 0.2) is 37.7 Å². The van der Waals surface area contributed by atoms with Crippen LogP contribution >= 0.6 is 36.4 Å². The quantitative estimate of drug-likeness (QED) is 0.00825. The van der Waals surface area contributed by atoms with Crippen molar-refractivity contribution in [3.05, 3.63) is 42.5 Å².